The van der Waals surface area contributed by atoms with E-state index in [2.05, 4.69) is 15.3 Å². The van der Waals surface area contributed by atoms with Crippen molar-refractivity contribution in [1.82, 2.24) is 9.97 Å². The molecule has 0 radical (unpaired) electrons. The Morgan fingerprint density at radius 1 is 1.55 bits per heavy atom. The van der Waals surface area contributed by atoms with Crippen molar-refractivity contribution in [1.29, 1.82) is 5.26 Å². The summed E-state index contributed by atoms with van der Waals surface area (Å²) < 4.78 is 4.82. The number of esters is 1. The maximum atomic E-state index is 12.1. The topological polar surface area (TPSA) is 105 Å². The van der Waals surface area contributed by atoms with Crippen molar-refractivity contribution in [2.75, 3.05) is 11.9 Å². The summed E-state index contributed by atoms with van der Waals surface area (Å²) in [5, 5.41) is 13.5. The number of hydrogen-bond acceptors (Lipinski definition) is 7. The Hall–Kier alpha value is -2.79. The average molecular weight is 316 g/mol. The zero-order valence-electron chi connectivity index (χ0n) is 11.6. The number of pyridine rings is 1. The second kappa shape index (κ2) is 7.28. The molecule has 2 aromatic rings. The predicted molar refractivity (Wildman–Crippen MR) is 79.3 cm³/mol. The van der Waals surface area contributed by atoms with Gasteiger partial charge in [-0.1, -0.05) is 0 Å². The SMILES string of the molecule is CCOC(=O)c1csc(C(C#N)C(=O)Nc2cccnc2)n1. The standard InChI is InChI=1S/C14H12N4O3S/c1-2-21-14(20)11-8-22-13(18-11)10(6-15)12(19)17-9-4-3-5-16-7-9/h3-5,7-8,10H,2H2,1H3,(H,17,19). The number of hydrogen-bond donors (Lipinski definition) is 1. The van der Waals surface area contributed by atoms with Gasteiger partial charge in [0.1, 0.15) is 5.01 Å². The molecule has 7 nitrogen and oxygen atoms in total. The summed E-state index contributed by atoms with van der Waals surface area (Å²) in [7, 11) is 0. The molecular formula is C14H12N4O3S. The van der Waals surface area contributed by atoms with Crippen LogP contribution in [0.1, 0.15) is 28.3 Å². The van der Waals surface area contributed by atoms with E-state index in [0.29, 0.717) is 5.69 Å². The van der Waals surface area contributed by atoms with Crippen molar-refractivity contribution in [3.8, 4) is 6.07 Å². The van der Waals surface area contributed by atoms with Crippen LogP contribution < -0.4 is 5.32 Å². The van der Waals surface area contributed by atoms with Gasteiger partial charge >= 0.3 is 5.97 Å². The summed E-state index contributed by atoms with van der Waals surface area (Å²) >= 11 is 1.06. The van der Waals surface area contributed by atoms with E-state index in [9.17, 15) is 14.9 Å². The van der Waals surface area contributed by atoms with Crippen molar-refractivity contribution >= 4 is 28.9 Å². The Labute approximate surface area is 130 Å². The van der Waals surface area contributed by atoms with E-state index in [-0.39, 0.29) is 17.3 Å². The van der Waals surface area contributed by atoms with E-state index in [1.807, 2.05) is 6.07 Å². The molecule has 0 spiro atoms. The number of amides is 1. The summed E-state index contributed by atoms with van der Waals surface area (Å²) in [4.78, 5) is 31.6. The van der Waals surface area contributed by atoms with E-state index in [1.54, 1.807) is 25.3 Å². The molecule has 112 valence electrons. The van der Waals surface area contributed by atoms with Gasteiger partial charge in [0.2, 0.25) is 5.91 Å². The molecule has 0 saturated carbocycles. The number of nitriles is 1. The van der Waals surface area contributed by atoms with E-state index < -0.39 is 17.8 Å². The lowest BCUT2D eigenvalue weighted by molar-refractivity contribution is -0.116. The summed E-state index contributed by atoms with van der Waals surface area (Å²) in [6.45, 7) is 1.92. The van der Waals surface area contributed by atoms with Crippen LogP contribution in [0.4, 0.5) is 5.69 Å². The Kier molecular flexibility index (Phi) is 5.16. The fourth-order valence-corrected chi connectivity index (χ4v) is 2.42. The van der Waals surface area contributed by atoms with Crippen LogP contribution >= 0.6 is 11.3 Å². The summed E-state index contributed by atoms with van der Waals surface area (Å²) in [6, 6.07) is 5.21. The number of carbonyl (C=O) groups excluding carboxylic acids is 2. The predicted octanol–water partition coefficient (Wildman–Crippen LogP) is 1.96. The van der Waals surface area contributed by atoms with E-state index in [0.717, 1.165) is 11.3 Å². The third kappa shape index (κ3) is 3.65. The second-order valence-corrected chi connectivity index (χ2v) is 4.97. The molecular weight excluding hydrogens is 304 g/mol. The molecule has 1 atom stereocenters. The lowest BCUT2D eigenvalue weighted by Gasteiger charge is -2.07. The van der Waals surface area contributed by atoms with Crippen LogP contribution in [0.25, 0.3) is 0 Å². The van der Waals surface area contributed by atoms with Crippen LogP contribution in [0, 0.1) is 11.3 Å². The van der Waals surface area contributed by atoms with E-state index in [4.69, 9.17) is 4.74 Å². The van der Waals surface area contributed by atoms with Gasteiger partial charge in [0, 0.05) is 11.6 Å². The number of nitrogens with zero attached hydrogens (tertiary/aromatic N) is 3. The first-order valence-electron chi connectivity index (χ1n) is 6.38. The smallest absolute Gasteiger partial charge is 0.357 e. The molecule has 0 aliphatic rings. The van der Waals surface area contributed by atoms with Gasteiger partial charge in [0.05, 0.1) is 24.6 Å². The minimum atomic E-state index is -1.10. The summed E-state index contributed by atoms with van der Waals surface area (Å²) in [5.74, 6) is -2.21. The molecule has 8 heteroatoms. The van der Waals surface area contributed by atoms with Crippen molar-refractivity contribution in [3.63, 3.8) is 0 Å². The second-order valence-electron chi connectivity index (χ2n) is 4.08. The maximum absolute atomic E-state index is 12.1. The monoisotopic (exact) mass is 316 g/mol. The van der Waals surface area contributed by atoms with Crippen LogP contribution in [0.3, 0.4) is 0 Å². The van der Waals surface area contributed by atoms with E-state index >= 15 is 0 Å². The van der Waals surface area contributed by atoms with Gasteiger partial charge in [-0.3, -0.25) is 9.78 Å². The number of nitrogens with one attached hydrogen (secondary N) is 1. The van der Waals surface area contributed by atoms with Gasteiger partial charge in [0.15, 0.2) is 11.6 Å². The molecule has 22 heavy (non-hydrogen) atoms. The minimum absolute atomic E-state index is 0.0938. The van der Waals surface area contributed by atoms with Gasteiger partial charge in [-0.15, -0.1) is 11.3 Å². The highest BCUT2D eigenvalue weighted by molar-refractivity contribution is 7.10. The fraction of sp³-hybridized carbons (Fsp3) is 0.214. The maximum Gasteiger partial charge on any atom is 0.357 e. The van der Waals surface area contributed by atoms with Crippen molar-refractivity contribution in [2.24, 2.45) is 0 Å². The van der Waals surface area contributed by atoms with Crippen molar-refractivity contribution in [2.45, 2.75) is 12.8 Å². The normalized spacial score (nSPS) is 11.3. The highest BCUT2D eigenvalue weighted by atomic mass is 32.1. The first-order valence-corrected chi connectivity index (χ1v) is 7.26. The number of thiazole rings is 1. The van der Waals surface area contributed by atoms with Crippen molar-refractivity contribution < 1.29 is 14.3 Å². The molecule has 0 aromatic carbocycles. The van der Waals surface area contributed by atoms with Gasteiger partial charge in [0.25, 0.3) is 0 Å². The number of rotatable bonds is 5. The molecule has 1 amide bonds. The lowest BCUT2D eigenvalue weighted by Crippen LogP contribution is -2.20. The highest BCUT2D eigenvalue weighted by Crippen LogP contribution is 2.22. The Morgan fingerprint density at radius 3 is 3.00 bits per heavy atom. The average Bonchev–Trinajstić information content (AvgIpc) is 2.99. The Morgan fingerprint density at radius 2 is 2.36 bits per heavy atom. The summed E-state index contributed by atoms with van der Waals surface area (Å²) in [5.41, 5.74) is 0.575. The third-order valence-corrected chi connectivity index (χ3v) is 3.48. The van der Waals surface area contributed by atoms with Crippen LogP contribution in [0.15, 0.2) is 29.9 Å². The third-order valence-electron chi connectivity index (χ3n) is 2.57. The zero-order chi connectivity index (χ0) is 15.9. The van der Waals surface area contributed by atoms with Gasteiger partial charge in [-0.05, 0) is 19.1 Å². The zero-order valence-corrected chi connectivity index (χ0v) is 12.5. The van der Waals surface area contributed by atoms with Gasteiger partial charge < -0.3 is 10.1 Å². The van der Waals surface area contributed by atoms with Gasteiger partial charge in [-0.2, -0.15) is 5.26 Å². The molecule has 2 aromatic heterocycles. The molecule has 0 fully saturated rings. The molecule has 0 bridgehead atoms. The highest BCUT2D eigenvalue weighted by Gasteiger charge is 2.25. The number of carbonyl (C=O) groups is 2. The Bertz CT molecular complexity index is 708. The van der Waals surface area contributed by atoms with E-state index in [1.165, 1.54) is 11.6 Å². The van der Waals surface area contributed by atoms with Crippen molar-refractivity contribution in [3.05, 3.63) is 40.6 Å². The molecule has 2 heterocycles. The molecule has 2 rings (SSSR count). The van der Waals surface area contributed by atoms with Gasteiger partial charge in [-0.25, -0.2) is 9.78 Å². The minimum Gasteiger partial charge on any atom is -0.461 e. The van der Waals surface area contributed by atoms with Crippen LogP contribution in [-0.2, 0) is 9.53 Å². The first kappa shape index (κ1) is 15.6. The number of aromatic nitrogens is 2. The summed E-state index contributed by atoms with van der Waals surface area (Å²) in [6.07, 6.45) is 3.04. The molecule has 0 aliphatic carbocycles. The quantitative estimate of drug-likeness (QED) is 0.845. The molecule has 1 N–H and O–H groups in total. The van der Waals surface area contributed by atoms with Crippen LogP contribution in [-0.4, -0.2) is 28.5 Å². The molecule has 0 saturated heterocycles. The van der Waals surface area contributed by atoms with Crippen LogP contribution in [0.2, 0.25) is 0 Å². The lowest BCUT2D eigenvalue weighted by atomic mass is 10.1. The number of anilines is 1. The molecule has 1 unspecified atom stereocenters. The first-order chi connectivity index (χ1) is 10.7. The Balaban J connectivity index is 2.13. The van der Waals surface area contributed by atoms with Crippen LogP contribution in [0.5, 0.6) is 0 Å². The number of ether oxygens (including phenoxy) is 1. The fourth-order valence-electron chi connectivity index (χ4n) is 1.60. The largest absolute Gasteiger partial charge is 0.461 e. The molecule has 0 aliphatic heterocycles.